The molecule has 0 spiro atoms. The lowest BCUT2D eigenvalue weighted by molar-refractivity contribution is 1.64. The van der Waals surface area contributed by atoms with Crippen molar-refractivity contribution in [1.82, 2.24) is 0 Å². The Labute approximate surface area is 195 Å². The minimum atomic E-state index is 1.25. The number of hydrogen-bond acceptors (Lipinski definition) is 0. The Hall–Kier alpha value is -3.17. The summed E-state index contributed by atoms with van der Waals surface area (Å²) in [4.78, 5) is 0. The van der Waals surface area contributed by atoms with Crippen molar-refractivity contribution in [3.05, 3.63) is 119 Å². The molecular weight excluding hydrogens is 487 g/mol. The van der Waals surface area contributed by atoms with Crippen molar-refractivity contribution in [1.29, 1.82) is 0 Å². The van der Waals surface area contributed by atoms with Gasteiger partial charge in [0.15, 0.2) is 0 Å². The highest BCUT2D eigenvalue weighted by Crippen LogP contribution is 2.36. The maximum absolute atomic E-state index is 2.45. The van der Waals surface area contributed by atoms with Crippen LogP contribution in [-0.2, 0) is 0 Å². The molecule has 1 heteroatoms. The molecule has 0 aromatic heterocycles. The number of fused-ring (bicyclic) bond motifs is 3. The van der Waals surface area contributed by atoms with Gasteiger partial charge in [-0.15, -0.1) is 0 Å². The SMILES string of the molecule is Ic1ccc(-c2ccc3ccccc3c2)c2cc(-c3ccc4ccccc4c3)ccc12. The smallest absolute Gasteiger partial charge is 0.0209 e. The number of halogens is 1. The second kappa shape index (κ2) is 7.51. The van der Waals surface area contributed by atoms with Crippen molar-refractivity contribution in [2.75, 3.05) is 0 Å². The standard InChI is InChI=1S/C30H19I/c31-30-16-15-27(26-12-10-21-6-2-4-8-23(21)18-26)29-19-25(13-14-28(29)30)24-11-9-20-5-1-3-7-22(20)17-24/h1-19H. The Kier molecular flexibility index (Phi) is 4.50. The van der Waals surface area contributed by atoms with Gasteiger partial charge < -0.3 is 0 Å². The van der Waals surface area contributed by atoms with E-state index in [9.17, 15) is 0 Å². The number of rotatable bonds is 2. The number of hydrogen-bond donors (Lipinski definition) is 0. The first kappa shape index (κ1) is 18.6. The maximum Gasteiger partial charge on any atom is 0.0209 e. The molecule has 0 aliphatic heterocycles. The van der Waals surface area contributed by atoms with Crippen molar-refractivity contribution in [2.45, 2.75) is 0 Å². The van der Waals surface area contributed by atoms with Crippen LogP contribution in [0.2, 0.25) is 0 Å². The van der Waals surface area contributed by atoms with E-state index in [1.165, 1.54) is 58.1 Å². The largest absolute Gasteiger partial charge is 0.0616 e. The van der Waals surface area contributed by atoms with Gasteiger partial charge in [-0.25, -0.2) is 0 Å². The van der Waals surface area contributed by atoms with Crippen LogP contribution in [-0.4, -0.2) is 0 Å². The van der Waals surface area contributed by atoms with E-state index in [1.807, 2.05) is 0 Å². The van der Waals surface area contributed by atoms with Crippen LogP contribution in [0.3, 0.4) is 0 Å². The normalized spacial score (nSPS) is 11.4. The van der Waals surface area contributed by atoms with E-state index >= 15 is 0 Å². The lowest BCUT2D eigenvalue weighted by atomic mass is 9.93. The van der Waals surface area contributed by atoms with E-state index in [4.69, 9.17) is 0 Å². The van der Waals surface area contributed by atoms with Gasteiger partial charge in [-0.1, -0.05) is 91.0 Å². The summed E-state index contributed by atoms with van der Waals surface area (Å²) in [6.45, 7) is 0. The molecule has 0 bridgehead atoms. The van der Waals surface area contributed by atoms with Gasteiger partial charge in [-0.3, -0.25) is 0 Å². The van der Waals surface area contributed by atoms with Gasteiger partial charge in [0.1, 0.15) is 0 Å². The topological polar surface area (TPSA) is 0 Å². The molecule has 0 amide bonds. The molecule has 6 aromatic rings. The molecule has 0 heterocycles. The van der Waals surface area contributed by atoms with Gasteiger partial charge in [0.05, 0.1) is 0 Å². The molecule has 0 nitrogen and oxygen atoms in total. The Morgan fingerprint density at radius 3 is 1.65 bits per heavy atom. The summed E-state index contributed by atoms with van der Waals surface area (Å²) in [6.07, 6.45) is 0. The predicted octanol–water partition coefficient (Wildman–Crippen LogP) is 9.08. The van der Waals surface area contributed by atoms with Gasteiger partial charge in [-0.05, 0) is 101 Å². The summed E-state index contributed by atoms with van der Waals surface area (Å²) in [5.74, 6) is 0. The summed E-state index contributed by atoms with van der Waals surface area (Å²) in [5, 5.41) is 7.70. The Morgan fingerprint density at radius 1 is 0.387 bits per heavy atom. The fraction of sp³-hybridized carbons (Fsp3) is 0. The zero-order valence-corrected chi connectivity index (χ0v) is 19.0. The van der Waals surface area contributed by atoms with Gasteiger partial charge in [-0.2, -0.15) is 0 Å². The molecule has 31 heavy (non-hydrogen) atoms. The molecule has 0 radical (unpaired) electrons. The van der Waals surface area contributed by atoms with Crippen LogP contribution in [0.4, 0.5) is 0 Å². The third kappa shape index (κ3) is 3.30. The van der Waals surface area contributed by atoms with Crippen LogP contribution < -0.4 is 0 Å². The van der Waals surface area contributed by atoms with Crippen LogP contribution in [0.15, 0.2) is 115 Å². The first-order chi connectivity index (χ1) is 15.3. The second-order valence-electron chi connectivity index (χ2n) is 7.98. The van der Waals surface area contributed by atoms with Crippen LogP contribution >= 0.6 is 22.6 Å². The maximum atomic E-state index is 2.45. The van der Waals surface area contributed by atoms with Gasteiger partial charge in [0, 0.05) is 3.57 Å². The van der Waals surface area contributed by atoms with Gasteiger partial charge >= 0.3 is 0 Å². The summed E-state index contributed by atoms with van der Waals surface area (Å²) in [5.41, 5.74) is 5.05. The van der Waals surface area contributed by atoms with Crippen LogP contribution in [0.25, 0.3) is 54.6 Å². The second-order valence-corrected chi connectivity index (χ2v) is 9.14. The molecule has 0 aliphatic carbocycles. The molecule has 0 atom stereocenters. The van der Waals surface area contributed by atoms with E-state index in [0.717, 1.165) is 0 Å². The summed E-state index contributed by atoms with van der Waals surface area (Å²) < 4.78 is 1.28. The summed E-state index contributed by atoms with van der Waals surface area (Å²) in [7, 11) is 0. The third-order valence-corrected chi connectivity index (χ3v) is 7.05. The molecule has 6 rings (SSSR count). The van der Waals surface area contributed by atoms with E-state index in [1.54, 1.807) is 0 Å². The Bertz CT molecular complexity index is 1590. The minimum Gasteiger partial charge on any atom is -0.0616 e. The minimum absolute atomic E-state index is 1.25. The monoisotopic (exact) mass is 506 g/mol. The fourth-order valence-electron chi connectivity index (χ4n) is 4.47. The zero-order chi connectivity index (χ0) is 20.8. The Balaban J connectivity index is 1.57. The van der Waals surface area contributed by atoms with Crippen molar-refractivity contribution >= 4 is 54.9 Å². The average molecular weight is 506 g/mol. The molecule has 146 valence electrons. The lowest BCUT2D eigenvalue weighted by Crippen LogP contribution is -1.87. The fourth-order valence-corrected chi connectivity index (χ4v) is 5.12. The van der Waals surface area contributed by atoms with E-state index in [2.05, 4.69) is 138 Å². The third-order valence-electron chi connectivity index (χ3n) is 6.11. The zero-order valence-electron chi connectivity index (χ0n) is 16.8. The van der Waals surface area contributed by atoms with Gasteiger partial charge in [0.25, 0.3) is 0 Å². The van der Waals surface area contributed by atoms with Crippen LogP contribution in [0, 0.1) is 3.57 Å². The van der Waals surface area contributed by atoms with Crippen molar-refractivity contribution < 1.29 is 0 Å². The highest BCUT2D eigenvalue weighted by molar-refractivity contribution is 14.1. The van der Waals surface area contributed by atoms with Crippen LogP contribution in [0.1, 0.15) is 0 Å². The van der Waals surface area contributed by atoms with Gasteiger partial charge in [0.2, 0.25) is 0 Å². The van der Waals surface area contributed by atoms with Crippen molar-refractivity contribution in [2.24, 2.45) is 0 Å². The highest BCUT2D eigenvalue weighted by Gasteiger charge is 2.10. The molecule has 0 saturated carbocycles. The molecule has 0 aliphatic rings. The first-order valence-electron chi connectivity index (χ1n) is 10.5. The number of benzene rings is 6. The average Bonchev–Trinajstić information content (AvgIpc) is 2.83. The first-order valence-corrected chi connectivity index (χ1v) is 11.5. The molecule has 6 aromatic carbocycles. The summed E-state index contributed by atoms with van der Waals surface area (Å²) in [6, 6.07) is 42.0. The van der Waals surface area contributed by atoms with E-state index in [0.29, 0.717) is 0 Å². The quantitative estimate of drug-likeness (QED) is 0.206. The molecule has 0 saturated heterocycles. The Morgan fingerprint density at radius 2 is 0.935 bits per heavy atom. The van der Waals surface area contributed by atoms with Crippen molar-refractivity contribution in [3.63, 3.8) is 0 Å². The molecule has 0 unspecified atom stereocenters. The summed E-state index contributed by atoms with van der Waals surface area (Å²) >= 11 is 2.45. The van der Waals surface area contributed by atoms with E-state index < -0.39 is 0 Å². The lowest BCUT2D eigenvalue weighted by Gasteiger charge is -2.12. The van der Waals surface area contributed by atoms with Crippen molar-refractivity contribution in [3.8, 4) is 22.3 Å². The van der Waals surface area contributed by atoms with E-state index in [-0.39, 0.29) is 0 Å². The highest BCUT2D eigenvalue weighted by atomic mass is 127. The molecule has 0 fully saturated rings. The molecule has 0 N–H and O–H groups in total. The predicted molar refractivity (Wildman–Crippen MR) is 143 cm³/mol. The van der Waals surface area contributed by atoms with Crippen LogP contribution in [0.5, 0.6) is 0 Å². The molecular formula is C30H19I.